The summed E-state index contributed by atoms with van der Waals surface area (Å²) in [5.74, 6) is 0.549. The minimum Gasteiger partial charge on any atom is -0.340 e. The van der Waals surface area contributed by atoms with Crippen molar-refractivity contribution in [2.45, 2.75) is 6.92 Å². The first-order valence-corrected chi connectivity index (χ1v) is 2.87. The van der Waals surface area contributed by atoms with Gasteiger partial charge in [-0.2, -0.15) is 0 Å². The Hall–Kier alpha value is -1.32. The molecule has 0 unspecified atom stereocenters. The number of carbonyl (C=O) groups excluding carboxylic acids is 1. The third kappa shape index (κ3) is 1.15. The molecular formula is C6H8N3O. The first-order valence-electron chi connectivity index (χ1n) is 2.87. The minimum atomic E-state index is -0.0412. The van der Waals surface area contributed by atoms with Gasteiger partial charge >= 0.3 is 0 Å². The van der Waals surface area contributed by atoms with Gasteiger partial charge in [0, 0.05) is 20.2 Å². The molecule has 0 bridgehead atoms. The Bertz CT molecular complexity index is 217. The molecule has 10 heavy (non-hydrogen) atoms. The summed E-state index contributed by atoms with van der Waals surface area (Å²) in [7, 11) is 1.66. The average Bonchev–Trinajstić information content (AvgIpc) is 2.36. The van der Waals surface area contributed by atoms with Gasteiger partial charge in [0.05, 0.1) is 0 Å². The molecule has 0 aliphatic rings. The van der Waals surface area contributed by atoms with Gasteiger partial charge in [-0.15, -0.1) is 0 Å². The number of anilines is 1. The zero-order valence-electron chi connectivity index (χ0n) is 5.88. The fourth-order valence-corrected chi connectivity index (χ4v) is 0.552. The number of amides is 1. The summed E-state index contributed by atoms with van der Waals surface area (Å²) in [5.41, 5.74) is 0. The van der Waals surface area contributed by atoms with E-state index in [9.17, 15) is 4.79 Å². The van der Waals surface area contributed by atoms with E-state index < -0.39 is 0 Å². The van der Waals surface area contributed by atoms with E-state index in [2.05, 4.69) is 16.3 Å². The van der Waals surface area contributed by atoms with Gasteiger partial charge in [0.25, 0.3) is 0 Å². The molecule has 0 fully saturated rings. The zero-order valence-corrected chi connectivity index (χ0v) is 5.88. The number of nitrogens with one attached hydrogen (secondary N) is 1. The Morgan fingerprint density at radius 1 is 1.90 bits per heavy atom. The second kappa shape index (κ2) is 2.51. The Morgan fingerprint density at radius 2 is 2.60 bits per heavy atom. The molecule has 1 aromatic rings. The van der Waals surface area contributed by atoms with Crippen LogP contribution in [0.2, 0.25) is 0 Å². The van der Waals surface area contributed by atoms with Crippen LogP contribution in [-0.2, 0) is 4.79 Å². The highest BCUT2D eigenvalue weighted by Gasteiger charge is 2.05. The predicted molar refractivity (Wildman–Crippen MR) is 36.5 cm³/mol. The molecule has 1 heterocycles. The van der Waals surface area contributed by atoms with Crippen LogP contribution in [0, 0.1) is 6.33 Å². The van der Waals surface area contributed by atoms with Crippen molar-refractivity contribution in [1.29, 1.82) is 0 Å². The normalized spacial score (nSPS) is 9.40. The van der Waals surface area contributed by atoms with Crippen molar-refractivity contribution in [1.82, 2.24) is 9.97 Å². The van der Waals surface area contributed by atoms with Crippen LogP contribution in [0.15, 0.2) is 6.20 Å². The monoisotopic (exact) mass is 138 g/mol. The highest BCUT2D eigenvalue weighted by molar-refractivity contribution is 5.89. The molecule has 0 aliphatic carbocycles. The molecule has 1 amide bonds. The van der Waals surface area contributed by atoms with E-state index in [1.165, 1.54) is 11.8 Å². The van der Waals surface area contributed by atoms with Crippen LogP contribution in [0.3, 0.4) is 0 Å². The summed E-state index contributed by atoms with van der Waals surface area (Å²) in [6.07, 6.45) is 4.11. The van der Waals surface area contributed by atoms with Gasteiger partial charge in [-0.25, -0.2) is 4.98 Å². The molecule has 0 saturated carbocycles. The number of rotatable bonds is 1. The van der Waals surface area contributed by atoms with Gasteiger partial charge in [-0.1, -0.05) is 0 Å². The first kappa shape index (κ1) is 6.80. The maximum absolute atomic E-state index is 10.7. The Labute approximate surface area is 58.9 Å². The predicted octanol–water partition coefficient (Wildman–Crippen LogP) is 0.193. The summed E-state index contributed by atoms with van der Waals surface area (Å²) in [5, 5.41) is 0. The number of hydrogen-bond donors (Lipinski definition) is 1. The van der Waals surface area contributed by atoms with Crippen molar-refractivity contribution in [2.75, 3.05) is 11.9 Å². The number of H-pyrrole nitrogens is 1. The molecule has 0 aliphatic heterocycles. The van der Waals surface area contributed by atoms with Crippen LogP contribution in [-0.4, -0.2) is 22.9 Å². The summed E-state index contributed by atoms with van der Waals surface area (Å²) < 4.78 is 0. The van der Waals surface area contributed by atoms with E-state index in [4.69, 9.17) is 0 Å². The van der Waals surface area contributed by atoms with Crippen molar-refractivity contribution in [3.05, 3.63) is 12.5 Å². The number of aromatic amines is 1. The zero-order chi connectivity index (χ0) is 7.56. The molecular weight excluding hydrogens is 130 g/mol. The lowest BCUT2D eigenvalue weighted by atomic mass is 10.5. The fourth-order valence-electron chi connectivity index (χ4n) is 0.552. The molecule has 0 spiro atoms. The number of carbonyl (C=O) groups is 1. The SMILES string of the molecule is CC(=O)N(C)c1c[nH][c]n1. The molecule has 1 rings (SSSR count). The van der Waals surface area contributed by atoms with Crippen LogP contribution >= 0.6 is 0 Å². The Morgan fingerprint density at radius 3 is 3.00 bits per heavy atom. The fraction of sp³-hybridized carbons (Fsp3) is 0.333. The summed E-state index contributed by atoms with van der Waals surface area (Å²) in [4.78, 5) is 18.5. The largest absolute Gasteiger partial charge is 0.340 e. The second-order valence-corrected chi connectivity index (χ2v) is 1.95. The molecule has 0 saturated heterocycles. The molecule has 0 atom stereocenters. The third-order valence-electron chi connectivity index (χ3n) is 1.25. The minimum absolute atomic E-state index is 0.0412. The number of imidazole rings is 1. The van der Waals surface area contributed by atoms with Crippen LogP contribution < -0.4 is 4.90 Å². The smallest absolute Gasteiger partial charge is 0.224 e. The molecule has 53 valence electrons. The maximum Gasteiger partial charge on any atom is 0.224 e. The van der Waals surface area contributed by atoms with Gasteiger partial charge in [0.15, 0.2) is 12.1 Å². The van der Waals surface area contributed by atoms with Crippen LogP contribution in [0.4, 0.5) is 5.82 Å². The van der Waals surface area contributed by atoms with Crippen molar-refractivity contribution in [3.63, 3.8) is 0 Å². The van der Waals surface area contributed by atoms with E-state index in [-0.39, 0.29) is 5.91 Å². The van der Waals surface area contributed by atoms with Crippen LogP contribution in [0.25, 0.3) is 0 Å². The van der Waals surface area contributed by atoms with E-state index in [1.54, 1.807) is 13.2 Å². The van der Waals surface area contributed by atoms with Gasteiger partial charge in [0.2, 0.25) is 5.91 Å². The van der Waals surface area contributed by atoms with Crippen molar-refractivity contribution >= 4 is 11.7 Å². The van der Waals surface area contributed by atoms with Gasteiger partial charge in [-0.3, -0.25) is 9.69 Å². The van der Waals surface area contributed by atoms with Gasteiger partial charge < -0.3 is 4.98 Å². The summed E-state index contributed by atoms with van der Waals surface area (Å²) in [6.45, 7) is 1.48. The summed E-state index contributed by atoms with van der Waals surface area (Å²) >= 11 is 0. The molecule has 1 aromatic heterocycles. The quantitative estimate of drug-likeness (QED) is 0.602. The highest BCUT2D eigenvalue weighted by atomic mass is 16.2. The van der Waals surface area contributed by atoms with Crippen LogP contribution in [0.1, 0.15) is 6.92 Å². The second-order valence-electron chi connectivity index (χ2n) is 1.95. The first-order chi connectivity index (χ1) is 4.72. The van der Waals surface area contributed by atoms with E-state index in [0.29, 0.717) is 5.82 Å². The Balaban J connectivity index is 2.77. The Kier molecular flexibility index (Phi) is 1.71. The number of aromatic nitrogens is 2. The molecule has 1 radical (unpaired) electrons. The van der Waals surface area contributed by atoms with E-state index >= 15 is 0 Å². The van der Waals surface area contributed by atoms with Crippen molar-refractivity contribution in [3.8, 4) is 0 Å². The van der Waals surface area contributed by atoms with Crippen molar-refractivity contribution < 1.29 is 4.79 Å². The molecule has 4 nitrogen and oxygen atoms in total. The van der Waals surface area contributed by atoms with Crippen LogP contribution in [0.5, 0.6) is 0 Å². The molecule has 1 N–H and O–H groups in total. The average molecular weight is 138 g/mol. The lowest BCUT2D eigenvalue weighted by Crippen LogP contribution is -2.22. The third-order valence-corrected chi connectivity index (χ3v) is 1.25. The number of nitrogens with zero attached hydrogens (tertiary/aromatic N) is 2. The summed E-state index contributed by atoms with van der Waals surface area (Å²) in [6, 6.07) is 0. The molecule has 4 heteroatoms. The standard InChI is InChI=1S/C6H8N3O/c1-5(10)9(2)6-3-7-4-8-6/h3H,1-2H3,(H,7,8). The highest BCUT2D eigenvalue weighted by Crippen LogP contribution is 2.03. The van der Waals surface area contributed by atoms with Gasteiger partial charge in [-0.05, 0) is 0 Å². The van der Waals surface area contributed by atoms with E-state index in [0.717, 1.165) is 0 Å². The lowest BCUT2D eigenvalue weighted by molar-refractivity contribution is -0.116. The number of hydrogen-bond acceptors (Lipinski definition) is 2. The topological polar surface area (TPSA) is 49.0 Å². The maximum atomic E-state index is 10.7. The molecule has 0 aromatic carbocycles. The van der Waals surface area contributed by atoms with Crippen molar-refractivity contribution in [2.24, 2.45) is 0 Å². The van der Waals surface area contributed by atoms with E-state index in [1.807, 2.05) is 0 Å². The van der Waals surface area contributed by atoms with Gasteiger partial charge in [0.1, 0.15) is 0 Å². The lowest BCUT2D eigenvalue weighted by Gasteiger charge is -2.09.